The number of carboxylic acid groups (broad SMARTS) is 1. The van der Waals surface area contributed by atoms with Crippen LogP contribution in [0.3, 0.4) is 0 Å². The van der Waals surface area contributed by atoms with E-state index in [0.717, 1.165) is 28.9 Å². The highest BCUT2D eigenvalue weighted by molar-refractivity contribution is 6.32. The highest BCUT2D eigenvalue weighted by Crippen LogP contribution is 2.29. The van der Waals surface area contributed by atoms with Crippen LogP contribution in [-0.4, -0.2) is 57.2 Å². The van der Waals surface area contributed by atoms with Gasteiger partial charge in [-0.15, -0.1) is 0 Å². The summed E-state index contributed by atoms with van der Waals surface area (Å²) >= 11 is 6.34. The van der Waals surface area contributed by atoms with Crippen LogP contribution in [0.5, 0.6) is 0 Å². The highest BCUT2D eigenvalue weighted by atomic mass is 35.5. The number of aromatic nitrogens is 3. The normalized spacial score (nSPS) is 11.8. The van der Waals surface area contributed by atoms with Crippen molar-refractivity contribution >= 4 is 58.3 Å². The van der Waals surface area contributed by atoms with Gasteiger partial charge < -0.3 is 31.7 Å². The number of carboxylic acids is 1. The molecule has 0 atom stereocenters. The Morgan fingerprint density at radius 2 is 1.67 bits per heavy atom. The molecule has 1 aliphatic heterocycles. The highest BCUT2D eigenvalue weighted by Gasteiger charge is 2.38. The van der Waals surface area contributed by atoms with Gasteiger partial charge in [-0.3, -0.25) is 9.78 Å². The van der Waals surface area contributed by atoms with E-state index in [1.54, 1.807) is 30.6 Å². The van der Waals surface area contributed by atoms with Gasteiger partial charge in [-0.25, -0.2) is 14.6 Å². The predicted molar refractivity (Wildman–Crippen MR) is 161 cm³/mol. The van der Waals surface area contributed by atoms with Gasteiger partial charge in [0.05, 0.1) is 6.20 Å². The molecule has 234 valence electrons. The lowest BCUT2D eigenvalue weighted by atomic mass is 10.0. The van der Waals surface area contributed by atoms with Gasteiger partial charge in [-0.2, -0.15) is 18.2 Å². The molecule has 45 heavy (non-hydrogen) atoms. The number of aliphatic carboxylic acids is 1. The summed E-state index contributed by atoms with van der Waals surface area (Å²) in [5.74, 6) is -2.15. The van der Waals surface area contributed by atoms with E-state index in [0.29, 0.717) is 34.6 Å². The number of carbonyl (C=O) groups excluding carboxylic acids is 2. The van der Waals surface area contributed by atoms with E-state index in [1.807, 2.05) is 36.4 Å². The summed E-state index contributed by atoms with van der Waals surface area (Å²) in [7, 11) is 0. The fraction of sp³-hybridized carbons (Fsp3) is 0.172. The first-order chi connectivity index (χ1) is 21.5. The lowest BCUT2D eigenvalue weighted by molar-refractivity contribution is -0.192. The molecule has 0 fully saturated rings. The molecule has 0 aliphatic carbocycles. The van der Waals surface area contributed by atoms with Crippen molar-refractivity contribution in [1.29, 1.82) is 0 Å². The van der Waals surface area contributed by atoms with Crippen LogP contribution >= 0.6 is 11.6 Å². The number of urea groups is 1. The van der Waals surface area contributed by atoms with Gasteiger partial charge in [0.15, 0.2) is 5.82 Å². The fourth-order valence-corrected chi connectivity index (χ4v) is 4.11. The summed E-state index contributed by atoms with van der Waals surface area (Å²) in [5.41, 5.74) is 4.73. The molecule has 0 spiro atoms. The van der Waals surface area contributed by atoms with Crippen LogP contribution < -0.4 is 26.6 Å². The van der Waals surface area contributed by atoms with Crippen LogP contribution in [0.15, 0.2) is 73.1 Å². The Morgan fingerprint density at radius 3 is 2.40 bits per heavy atom. The Labute approximate surface area is 259 Å². The number of carbonyl (C=O) groups is 3. The van der Waals surface area contributed by atoms with Crippen molar-refractivity contribution in [3.05, 3.63) is 94.9 Å². The van der Waals surface area contributed by atoms with Gasteiger partial charge in [0.1, 0.15) is 10.7 Å². The minimum Gasteiger partial charge on any atom is -0.475 e. The number of anilines is 5. The smallest absolute Gasteiger partial charge is 0.475 e. The van der Waals surface area contributed by atoms with Gasteiger partial charge >= 0.3 is 18.2 Å². The van der Waals surface area contributed by atoms with Crippen molar-refractivity contribution in [3.8, 4) is 0 Å². The molecule has 4 aromatic rings. The fourth-order valence-electron chi connectivity index (χ4n) is 3.97. The molecule has 0 saturated carbocycles. The van der Waals surface area contributed by atoms with E-state index >= 15 is 0 Å². The minimum atomic E-state index is -5.08. The molecule has 0 saturated heterocycles. The molecule has 5 rings (SSSR count). The van der Waals surface area contributed by atoms with Gasteiger partial charge in [-0.1, -0.05) is 29.8 Å². The van der Waals surface area contributed by atoms with E-state index in [2.05, 4.69) is 47.6 Å². The van der Waals surface area contributed by atoms with Crippen molar-refractivity contribution in [2.75, 3.05) is 29.0 Å². The SMILES string of the molecule is O=C(NCCNC(=O)c1ccccn1)Nc1ccc2cc1CCc1cccc(c1)Nc1ncc(Cl)c(n1)N2.O=C(O)C(F)(F)F. The standard InChI is InChI=1S/C27H25ClN8O2.C2HF3O2/c28-21-16-32-26-34-19-5-3-4-17(14-19)7-8-18-15-20(33-24(21)36-26)9-10-22(18)35-27(38)31-13-12-30-25(37)23-6-1-2-11-29-23;3-2(4,5)1(6)7/h1-6,9-11,14-16H,7-8,12-13H2,(H,30,37)(H2,31,35,38)(H2,32,33,34,36);(H,6,7). The second-order valence-corrected chi connectivity index (χ2v) is 9.77. The van der Waals surface area contributed by atoms with Crippen LogP contribution in [0.25, 0.3) is 0 Å². The summed E-state index contributed by atoms with van der Waals surface area (Å²) in [6, 6.07) is 18.4. The maximum absolute atomic E-state index is 12.6. The van der Waals surface area contributed by atoms with Crippen LogP contribution in [0.1, 0.15) is 21.6 Å². The first kappa shape index (κ1) is 32.5. The molecule has 6 N–H and O–H groups in total. The van der Waals surface area contributed by atoms with E-state index in [9.17, 15) is 22.8 Å². The zero-order chi connectivity index (χ0) is 32.4. The number of fused-ring (bicyclic) bond motifs is 6. The number of hydrogen-bond acceptors (Lipinski definition) is 8. The van der Waals surface area contributed by atoms with Crippen molar-refractivity contribution in [2.45, 2.75) is 19.0 Å². The van der Waals surface area contributed by atoms with Crippen molar-refractivity contribution in [2.24, 2.45) is 0 Å². The molecule has 6 bridgehead atoms. The van der Waals surface area contributed by atoms with Gasteiger partial charge in [0, 0.05) is 36.3 Å². The number of alkyl halides is 3. The maximum atomic E-state index is 12.6. The molecule has 0 radical (unpaired) electrons. The Hall–Kier alpha value is -5.44. The maximum Gasteiger partial charge on any atom is 0.490 e. The van der Waals surface area contributed by atoms with Gasteiger partial charge in [0.25, 0.3) is 5.91 Å². The number of halogens is 4. The lowest BCUT2D eigenvalue weighted by Crippen LogP contribution is -2.37. The number of hydrogen-bond donors (Lipinski definition) is 6. The van der Waals surface area contributed by atoms with E-state index in [1.165, 1.54) is 0 Å². The Bertz CT molecular complexity index is 1680. The molecule has 16 heteroatoms. The van der Waals surface area contributed by atoms with Crippen LogP contribution in [0.4, 0.5) is 46.8 Å². The second kappa shape index (κ2) is 14.8. The summed E-state index contributed by atoms with van der Waals surface area (Å²) in [6.07, 6.45) is -0.540. The molecule has 2 aromatic heterocycles. The number of rotatable bonds is 5. The zero-order valence-corrected chi connectivity index (χ0v) is 24.0. The Balaban J connectivity index is 0.000000591. The molecule has 12 nitrogen and oxygen atoms in total. The molecule has 3 heterocycles. The summed E-state index contributed by atoms with van der Waals surface area (Å²) < 4.78 is 31.7. The molecular weight excluding hydrogens is 617 g/mol. The summed E-state index contributed by atoms with van der Waals surface area (Å²) in [4.78, 5) is 46.4. The van der Waals surface area contributed by atoms with E-state index in [4.69, 9.17) is 21.5 Å². The third-order valence-electron chi connectivity index (χ3n) is 6.06. The average Bonchev–Trinajstić information content (AvgIpc) is 3.01. The van der Waals surface area contributed by atoms with Crippen molar-refractivity contribution < 1.29 is 32.7 Å². The molecule has 0 unspecified atom stereocenters. The van der Waals surface area contributed by atoms with Crippen molar-refractivity contribution in [1.82, 2.24) is 25.6 Å². The monoisotopic (exact) mass is 642 g/mol. The van der Waals surface area contributed by atoms with Gasteiger partial charge in [-0.05, 0) is 66.4 Å². The lowest BCUT2D eigenvalue weighted by Gasteiger charge is -2.15. The first-order valence-electron chi connectivity index (χ1n) is 13.3. The predicted octanol–water partition coefficient (Wildman–Crippen LogP) is 5.30. The average molecular weight is 643 g/mol. The number of nitrogens with zero attached hydrogens (tertiary/aromatic N) is 3. The van der Waals surface area contributed by atoms with Gasteiger partial charge in [0.2, 0.25) is 5.95 Å². The number of amides is 3. The van der Waals surface area contributed by atoms with Crippen LogP contribution in [-0.2, 0) is 17.6 Å². The minimum absolute atomic E-state index is 0.258. The molecular formula is C29H26ClF3N8O4. The molecule has 1 aliphatic rings. The topological polar surface area (TPSA) is 170 Å². The number of benzene rings is 2. The molecule has 2 aromatic carbocycles. The summed E-state index contributed by atoms with van der Waals surface area (Å²) in [6.45, 7) is 0.526. The van der Waals surface area contributed by atoms with Crippen molar-refractivity contribution in [3.63, 3.8) is 0 Å². The third kappa shape index (κ3) is 9.79. The summed E-state index contributed by atoms with van der Waals surface area (Å²) in [5, 5.41) is 22.4. The number of aryl methyl sites for hydroxylation is 2. The van der Waals surface area contributed by atoms with E-state index < -0.39 is 12.1 Å². The first-order valence-corrected chi connectivity index (χ1v) is 13.7. The second-order valence-electron chi connectivity index (χ2n) is 9.37. The largest absolute Gasteiger partial charge is 0.490 e. The Morgan fingerprint density at radius 1 is 0.911 bits per heavy atom. The van der Waals surface area contributed by atoms with Crippen LogP contribution in [0, 0.1) is 0 Å². The van der Waals surface area contributed by atoms with Crippen LogP contribution in [0.2, 0.25) is 5.02 Å². The van der Waals surface area contributed by atoms with E-state index in [-0.39, 0.29) is 25.0 Å². The molecule has 3 amide bonds. The Kier molecular flexibility index (Phi) is 10.7. The third-order valence-corrected chi connectivity index (χ3v) is 6.34. The number of nitrogens with one attached hydrogen (secondary N) is 5. The zero-order valence-electron chi connectivity index (χ0n) is 23.3. The quantitative estimate of drug-likeness (QED) is 0.158. The number of pyridine rings is 1.